The van der Waals surface area contributed by atoms with Gasteiger partial charge < -0.3 is 82.7 Å². The first-order valence-corrected chi connectivity index (χ1v) is 19.4. The van der Waals surface area contributed by atoms with Crippen molar-refractivity contribution in [2.75, 3.05) is 0 Å². The molecule has 6 saturated heterocycles. The van der Waals surface area contributed by atoms with Crippen molar-refractivity contribution >= 4 is 0 Å². The monoisotopic (exact) mass is 766 g/mol. The highest BCUT2D eigenvalue weighted by Crippen LogP contribution is 2.35. The lowest BCUT2D eigenvalue weighted by atomic mass is 9.99. The Labute approximate surface area is 310 Å². The molecule has 0 aromatic heterocycles. The minimum absolute atomic E-state index is 0.0262. The first-order chi connectivity index (χ1) is 25.1. The Morgan fingerprint density at radius 3 is 1.11 bits per heavy atom. The van der Waals surface area contributed by atoms with Gasteiger partial charge in [0, 0.05) is 38.5 Å². The quantitative estimate of drug-likeness (QED) is 0.176. The molecule has 17 nitrogen and oxygen atoms in total. The molecule has 308 valence electrons. The predicted molar refractivity (Wildman–Crippen MR) is 180 cm³/mol. The molecule has 0 radical (unpaired) electrons. The van der Waals surface area contributed by atoms with Crippen LogP contribution >= 0.6 is 0 Å². The zero-order valence-electron chi connectivity index (χ0n) is 31.5. The largest absolute Gasteiger partial charge is 0.390 e. The fourth-order valence-corrected chi connectivity index (χ4v) is 8.30. The third kappa shape index (κ3) is 10.4. The number of rotatable bonds is 10. The summed E-state index contributed by atoms with van der Waals surface area (Å²) in [6.07, 6.45) is -12.0. The molecule has 6 fully saturated rings. The van der Waals surface area contributed by atoms with Crippen LogP contribution in [0.5, 0.6) is 0 Å². The van der Waals surface area contributed by atoms with Crippen LogP contribution in [0.15, 0.2) is 0 Å². The summed E-state index contributed by atoms with van der Waals surface area (Å²) in [5.41, 5.74) is 0. The Balaban J connectivity index is 0.913. The van der Waals surface area contributed by atoms with Crippen LogP contribution < -0.4 is 0 Å². The molecule has 0 aliphatic carbocycles. The van der Waals surface area contributed by atoms with E-state index in [0.717, 1.165) is 0 Å². The molecule has 6 rings (SSSR count). The maximum Gasteiger partial charge on any atom is 0.161 e. The van der Waals surface area contributed by atoms with Gasteiger partial charge in [-0.2, -0.15) is 0 Å². The Bertz CT molecular complexity index is 1090. The van der Waals surface area contributed by atoms with Gasteiger partial charge in [-0.3, -0.25) is 0 Å². The van der Waals surface area contributed by atoms with E-state index in [2.05, 4.69) is 0 Å². The van der Waals surface area contributed by atoms with Crippen LogP contribution in [-0.4, -0.2) is 166 Å². The van der Waals surface area contributed by atoms with Gasteiger partial charge in [-0.15, -0.1) is 0 Å². The third-order valence-electron chi connectivity index (χ3n) is 11.3. The molecule has 6 N–H and O–H groups in total. The number of aliphatic hydroxyl groups excluding tert-OH is 6. The fourth-order valence-electron chi connectivity index (χ4n) is 8.30. The number of aliphatic hydroxyl groups is 6. The summed E-state index contributed by atoms with van der Waals surface area (Å²) >= 11 is 0. The van der Waals surface area contributed by atoms with Crippen molar-refractivity contribution in [2.45, 2.75) is 228 Å². The Morgan fingerprint density at radius 1 is 0.340 bits per heavy atom. The molecule has 6 heterocycles. The van der Waals surface area contributed by atoms with E-state index in [1.807, 2.05) is 6.92 Å². The van der Waals surface area contributed by atoms with E-state index in [1.54, 1.807) is 34.6 Å². The molecule has 6 aliphatic heterocycles. The number of hydrogen-bond acceptors (Lipinski definition) is 17. The lowest BCUT2D eigenvalue weighted by molar-refractivity contribution is -0.343. The minimum atomic E-state index is -1.06. The maximum absolute atomic E-state index is 11.1. The van der Waals surface area contributed by atoms with E-state index in [-0.39, 0.29) is 44.0 Å². The smallest absolute Gasteiger partial charge is 0.161 e. The highest BCUT2D eigenvalue weighted by atomic mass is 16.8. The second kappa shape index (κ2) is 18.3. The van der Waals surface area contributed by atoms with Crippen molar-refractivity contribution in [1.29, 1.82) is 0 Å². The van der Waals surface area contributed by atoms with Gasteiger partial charge in [-0.25, -0.2) is 0 Å². The van der Waals surface area contributed by atoms with Gasteiger partial charge in [-0.1, -0.05) is 0 Å². The van der Waals surface area contributed by atoms with Gasteiger partial charge >= 0.3 is 0 Å². The molecule has 0 amide bonds. The Morgan fingerprint density at radius 2 is 0.698 bits per heavy atom. The SMILES string of the molecule is C[C@@H]1O[C@@H](O[C@H]2[C@H](O)C[C@H](O[C@H]3[C@H](O)C[C@H](O)O[C@@H]3C)O[C@@H]2C)CC[C@@H]1O[C@H]1C[C@@H](O)[C@H](O[C@H]2C[C@@H](O)[C@H](O[C@H]3CC[C@H](O)[C@H](C)O3)[C@@H](C)O2)[C@@H](C)O1. The van der Waals surface area contributed by atoms with E-state index < -0.39 is 117 Å². The molecular formula is C36H62O17. The van der Waals surface area contributed by atoms with Crippen LogP contribution in [0.4, 0.5) is 0 Å². The molecule has 22 atom stereocenters. The Hall–Kier alpha value is -0.680. The van der Waals surface area contributed by atoms with Crippen molar-refractivity contribution in [3.8, 4) is 0 Å². The van der Waals surface area contributed by atoms with Crippen LogP contribution in [0.1, 0.15) is 92.9 Å². The van der Waals surface area contributed by atoms with Crippen molar-refractivity contribution in [3.05, 3.63) is 0 Å². The second-order valence-corrected chi connectivity index (χ2v) is 15.7. The molecule has 0 aromatic carbocycles. The molecule has 0 spiro atoms. The topological polar surface area (TPSA) is 223 Å². The minimum Gasteiger partial charge on any atom is -0.390 e. The van der Waals surface area contributed by atoms with E-state index in [4.69, 9.17) is 52.1 Å². The highest BCUT2D eigenvalue weighted by Gasteiger charge is 2.47. The Kier molecular flexibility index (Phi) is 14.5. The molecule has 53 heavy (non-hydrogen) atoms. The summed E-state index contributed by atoms with van der Waals surface area (Å²) in [5.74, 6) is 0. The van der Waals surface area contributed by atoms with Crippen molar-refractivity contribution in [3.63, 3.8) is 0 Å². The lowest BCUT2D eigenvalue weighted by Crippen LogP contribution is -2.56. The first kappa shape index (κ1) is 41.9. The van der Waals surface area contributed by atoms with Gasteiger partial charge in [0.25, 0.3) is 0 Å². The van der Waals surface area contributed by atoms with Crippen LogP contribution in [0, 0.1) is 0 Å². The summed E-state index contributed by atoms with van der Waals surface area (Å²) in [6.45, 7) is 10.7. The zero-order valence-corrected chi connectivity index (χ0v) is 31.5. The van der Waals surface area contributed by atoms with Crippen LogP contribution in [0.25, 0.3) is 0 Å². The molecule has 6 aliphatic rings. The average Bonchev–Trinajstić information content (AvgIpc) is 3.07. The van der Waals surface area contributed by atoms with Crippen LogP contribution in [0.3, 0.4) is 0 Å². The van der Waals surface area contributed by atoms with Crippen molar-refractivity contribution in [2.24, 2.45) is 0 Å². The molecule has 0 aromatic rings. The summed E-state index contributed by atoms with van der Waals surface area (Å²) in [6, 6.07) is 0. The van der Waals surface area contributed by atoms with E-state index in [0.29, 0.717) is 25.7 Å². The van der Waals surface area contributed by atoms with Gasteiger partial charge in [0.1, 0.15) is 24.4 Å². The highest BCUT2D eigenvalue weighted by molar-refractivity contribution is 4.89. The standard InChI is InChI=1S/C36H62O17/c1-15-21(37)7-9-28(44-15)50-34-18(4)48-32(14-24(34)40)53-36-20(6)46-30(12-23(36)39)49-26-8-10-29(45-16(26)2)51-35-19(5)47-31(13-25(35)41)52-33-17(3)43-27(42)11-22(33)38/h15-42H,7-14H2,1-6H3/t15-,16-,17+,18+,19+,20+,21-,22+,23+,24+,25+,26-,27+,28-,29-,30-,31-,32-,33+,34+,35+,36+/m0/s1. The van der Waals surface area contributed by atoms with Crippen LogP contribution in [-0.2, 0) is 52.1 Å². The summed E-state index contributed by atoms with van der Waals surface area (Å²) in [5, 5.41) is 63.1. The summed E-state index contributed by atoms with van der Waals surface area (Å²) < 4.78 is 66.1. The lowest BCUT2D eigenvalue weighted by Gasteiger charge is -2.45. The molecule has 0 bridgehead atoms. The maximum atomic E-state index is 11.1. The van der Waals surface area contributed by atoms with E-state index in [1.165, 1.54) is 0 Å². The van der Waals surface area contributed by atoms with Gasteiger partial charge in [-0.05, 0) is 54.4 Å². The van der Waals surface area contributed by atoms with E-state index in [9.17, 15) is 30.6 Å². The van der Waals surface area contributed by atoms with E-state index >= 15 is 0 Å². The van der Waals surface area contributed by atoms with Gasteiger partial charge in [0.05, 0.1) is 73.2 Å². The number of hydrogen-bond donors (Lipinski definition) is 6. The molecule has 0 unspecified atom stereocenters. The van der Waals surface area contributed by atoms with Gasteiger partial charge in [0.15, 0.2) is 37.7 Å². The summed E-state index contributed by atoms with van der Waals surface area (Å²) in [4.78, 5) is 0. The normalized spacial score (nSPS) is 53.0. The third-order valence-corrected chi connectivity index (χ3v) is 11.3. The van der Waals surface area contributed by atoms with Crippen molar-refractivity contribution in [1.82, 2.24) is 0 Å². The van der Waals surface area contributed by atoms with Gasteiger partial charge in [0.2, 0.25) is 0 Å². The van der Waals surface area contributed by atoms with Crippen molar-refractivity contribution < 1.29 is 82.7 Å². The fraction of sp³-hybridized carbons (Fsp3) is 1.00. The number of ether oxygens (including phenoxy) is 11. The van der Waals surface area contributed by atoms with Crippen LogP contribution in [0.2, 0.25) is 0 Å². The zero-order chi connectivity index (χ0) is 38.1. The molecular weight excluding hydrogens is 704 g/mol. The molecule has 17 heteroatoms. The summed E-state index contributed by atoms with van der Waals surface area (Å²) in [7, 11) is 0. The average molecular weight is 767 g/mol. The first-order valence-electron chi connectivity index (χ1n) is 19.4. The predicted octanol–water partition coefficient (Wildman–Crippen LogP) is 0.299. The molecule has 0 saturated carbocycles. The second-order valence-electron chi connectivity index (χ2n) is 15.7.